The zero-order chi connectivity index (χ0) is 12.4. The second kappa shape index (κ2) is 4.32. The molecule has 0 aromatic carbocycles. The summed E-state index contributed by atoms with van der Waals surface area (Å²) in [5.41, 5.74) is 7.71. The number of hydrogen-bond donors (Lipinski definition) is 2. The minimum Gasteiger partial charge on any atom is -0.382 e. The van der Waals surface area contributed by atoms with Gasteiger partial charge in [0.15, 0.2) is 17.3 Å². The summed E-state index contributed by atoms with van der Waals surface area (Å²) in [6.45, 7) is 5.22. The number of nitrogens with one attached hydrogen (secondary N) is 1. The molecular weight excluding hydrogens is 221 g/mol. The molecule has 0 aliphatic rings. The van der Waals surface area contributed by atoms with Crippen molar-refractivity contribution in [3.05, 3.63) is 35.9 Å². The standard InChI is InChI=1S/C11H12FN5/c1-6-3-8-9(5-14-10(13)7(2)12)16-17-11(8)15-4-6/h3-4H,2,5H2,1H3,(H2,13,14)(H,15,16,17). The summed E-state index contributed by atoms with van der Waals surface area (Å²) in [5, 5.41) is 7.69. The summed E-state index contributed by atoms with van der Waals surface area (Å²) in [4.78, 5) is 8.02. The van der Waals surface area contributed by atoms with E-state index in [2.05, 4.69) is 26.8 Å². The fraction of sp³-hybridized carbons (Fsp3) is 0.182. The topological polar surface area (TPSA) is 80.0 Å². The minimum atomic E-state index is -0.733. The number of halogens is 1. The van der Waals surface area contributed by atoms with Gasteiger partial charge in [-0.05, 0) is 18.6 Å². The number of nitrogens with two attached hydrogens (primary N) is 1. The molecule has 0 aliphatic carbocycles. The summed E-state index contributed by atoms with van der Waals surface area (Å²) in [7, 11) is 0. The third kappa shape index (κ3) is 2.30. The summed E-state index contributed by atoms with van der Waals surface area (Å²) in [5.74, 6) is -0.934. The van der Waals surface area contributed by atoms with E-state index in [0.717, 1.165) is 16.6 Å². The van der Waals surface area contributed by atoms with E-state index < -0.39 is 5.83 Å². The molecule has 3 N–H and O–H groups in total. The van der Waals surface area contributed by atoms with Crippen LogP contribution in [0, 0.1) is 6.92 Å². The van der Waals surface area contributed by atoms with E-state index >= 15 is 0 Å². The van der Waals surface area contributed by atoms with Crippen molar-refractivity contribution in [2.24, 2.45) is 10.7 Å². The van der Waals surface area contributed by atoms with Crippen LogP contribution in [0.4, 0.5) is 4.39 Å². The van der Waals surface area contributed by atoms with Crippen molar-refractivity contribution in [1.82, 2.24) is 15.2 Å². The molecule has 0 fully saturated rings. The summed E-state index contributed by atoms with van der Waals surface area (Å²) in [6.07, 6.45) is 1.73. The number of pyridine rings is 1. The zero-order valence-corrected chi connectivity index (χ0v) is 9.37. The van der Waals surface area contributed by atoms with Crippen LogP contribution in [-0.2, 0) is 6.54 Å². The lowest BCUT2D eigenvalue weighted by molar-refractivity contribution is 0.681. The van der Waals surface area contributed by atoms with E-state index in [4.69, 9.17) is 5.73 Å². The number of nitrogens with zero attached hydrogens (tertiary/aromatic N) is 3. The third-order valence-corrected chi connectivity index (χ3v) is 2.31. The van der Waals surface area contributed by atoms with Crippen LogP contribution >= 0.6 is 0 Å². The highest BCUT2D eigenvalue weighted by Crippen LogP contribution is 2.15. The van der Waals surface area contributed by atoms with Crippen LogP contribution in [-0.4, -0.2) is 21.0 Å². The van der Waals surface area contributed by atoms with E-state index in [-0.39, 0.29) is 12.4 Å². The maximum atomic E-state index is 12.6. The van der Waals surface area contributed by atoms with Crippen molar-refractivity contribution in [2.45, 2.75) is 13.5 Å². The first-order valence-corrected chi connectivity index (χ1v) is 5.02. The van der Waals surface area contributed by atoms with Gasteiger partial charge in [0.25, 0.3) is 0 Å². The quantitative estimate of drug-likeness (QED) is 0.624. The smallest absolute Gasteiger partial charge is 0.181 e. The van der Waals surface area contributed by atoms with Crippen molar-refractivity contribution in [3.8, 4) is 0 Å². The number of aromatic nitrogens is 3. The van der Waals surface area contributed by atoms with Crippen molar-refractivity contribution in [3.63, 3.8) is 0 Å². The van der Waals surface area contributed by atoms with Gasteiger partial charge in [-0.25, -0.2) is 9.37 Å². The maximum absolute atomic E-state index is 12.6. The second-order valence-corrected chi connectivity index (χ2v) is 3.69. The van der Waals surface area contributed by atoms with Crippen LogP contribution in [0.25, 0.3) is 11.0 Å². The molecule has 0 radical (unpaired) electrons. The molecule has 0 unspecified atom stereocenters. The van der Waals surface area contributed by atoms with E-state index in [0.29, 0.717) is 5.65 Å². The Labute approximate surface area is 97.3 Å². The highest BCUT2D eigenvalue weighted by atomic mass is 19.1. The van der Waals surface area contributed by atoms with E-state index in [1.165, 1.54) is 0 Å². The van der Waals surface area contributed by atoms with Crippen LogP contribution in [0.1, 0.15) is 11.3 Å². The zero-order valence-electron chi connectivity index (χ0n) is 9.37. The molecule has 0 spiro atoms. The molecule has 2 aromatic rings. The number of amidine groups is 1. The highest BCUT2D eigenvalue weighted by Gasteiger charge is 2.06. The molecular formula is C11H12FN5. The van der Waals surface area contributed by atoms with Crippen LogP contribution in [0.2, 0.25) is 0 Å². The molecule has 2 heterocycles. The Kier molecular flexibility index (Phi) is 2.86. The SMILES string of the molecule is C=C(F)C(N)=NCc1[nH]nc2ncc(C)cc12. The van der Waals surface area contributed by atoms with Gasteiger partial charge in [-0.3, -0.25) is 10.1 Å². The number of aromatic amines is 1. The third-order valence-electron chi connectivity index (χ3n) is 2.31. The van der Waals surface area contributed by atoms with Crippen LogP contribution in [0.5, 0.6) is 0 Å². The lowest BCUT2D eigenvalue weighted by atomic mass is 10.2. The van der Waals surface area contributed by atoms with Crippen molar-refractivity contribution >= 4 is 16.9 Å². The monoisotopic (exact) mass is 233 g/mol. The van der Waals surface area contributed by atoms with Crippen molar-refractivity contribution in [2.75, 3.05) is 0 Å². The first-order chi connectivity index (χ1) is 8.08. The van der Waals surface area contributed by atoms with Gasteiger partial charge in [-0.2, -0.15) is 5.10 Å². The number of H-pyrrole nitrogens is 1. The average molecular weight is 233 g/mol. The van der Waals surface area contributed by atoms with Gasteiger partial charge >= 0.3 is 0 Å². The average Bonchev–Trinajstić information content (AvgIpc) is 2.68. The Morgan fingerprint density at radius 3 is 3.12 bits per heavy atom. The number of hydrogen-bond acceptors (Lipinski definition) is 3. The second-order valence-electron chi connectivity index (χ2n) is 3.69. The fourth-order valence-electron chi connectivity index (χ4n) is 1.42. The first kappa shape index (κ1) is 11.3. The molecule has 88 valence electrons. The predicted molar refractivity (Wildman–Crippen MR) is 64.2 cm³/mol. The van der Waals surface area contributed by atoms with Crippen LogP contribution in [0.3, 0.4) is 0 Å². The number of aliphatic imine (C=N–C) groups is 1. The van der Waals surface area contributed by atoms with E-state index in [1.807, 2.05) is 13.0 Å². The summed E-state index contributed by atoms with van der Waals surface area (Å²) >= 11 is 0. The Balaban J connectivity index is 2.34. The largest absolute Gasteiger partial charge is 0.382 e. The van der Waals surface area contributed by atoms with Crippen molar-refractivity contribution in [1.29, 1.82) is 0 Å². The molecule has 0 saturated heterocycles. The molecule has 0 bridgehead atoms. The van der Waals surface area contributed by atoms with Gasteiger partial charge in [-0.15, -0.1) is 0 Å². The lowest BCUT2D eigenvalue weighted by Gasteiger charge is -1.97. The Hall–Kier alpha value is -2.24. The van der Waals surface area contributed by atoms with E-state index in [9.17, 15) is 4.39 Å². The van der Waals surface area contributed by atoms with Crippen LogP contribution < -0.4 is 5.73 Å². The number of rotatable bonds is 3. The Morgan fingerprint density at radius 1 is 1.65 bits per heavy atom. The van der Waals surface area contributed by atoms with Gasteiger partial charge < -0.3 is 5.73 Å². The maximum Gasteiger partial charge on any atom is 0.181 e. The fourth-order valence-corrected chi connectivity index (χ4v) is 1.42. The number of fused-ring (bicyclic) bond motifs is 1. The molecule has 0 aliphatic heterocycles. The van der Waals surface area contributed by atoms with Gasteiger partial charge in [0, 0.05) is 11.6 Å². The predicted octanol–water partition coefficient (Wildman–Crippen LogP) is 1.61. The van der Waals surface area contributed by atoms with Gasteiger partial charge in [0.05, 0.1) is 12.2 Å². The van der Waals surface area contributed by atoms with Gasteiger partial charge in [-0.1, -0.05) is 6.58 Å². The Morgan fingerprint density at radius 2 is 2.41 bits per heavy atom. The van der Waals surface area contributed by atoms with E-state index in [1.54, 1.807) is 6.20 Å². The lowest BCUT2D eigenvalue weighted by Crippen LogP contribution is -2.11. The summed E-state index contributed by atoms with van der Waals surface area (Å²) in [6, 6.07) is 1.94. The van der Waals surface area contributed by atoms with Crippen molar-refractivity contribution < 1.29 is 4.39 Å². The Bertz CT molecular complexity index is 599. The molecule has 2 rings (SSSR count). The molecule has 5 nitrogen and oxygen atoms in total. The molecule has 17 heavy (non-hydrogen) atoms. The summed E-state index contributed by atoms with van der Waals surface area (Å²) < 4.78 is 12.6. The molecule has 2 aromatic heterocycles. The molecule has 0 amide bonds. The molecule has 0 saturated carbocycles. The number of aryl methyl sites for hydroxylation is 1. The molecule has 6 heteroatoms. The van der Waals surface area contributed by atoms with Gasteiger partial charge in [0.2, 0.25) is 0 Å². The first-order valence-electron chi connectivity index (χ1n) is 5.02. The minimum absolute atomic E-state index is 0.201. The van der Waals surface area contributed by atoms with Crippen LogP contribution in [0.15, 0.2) is 29.7 Å². The molecule has 0 atom stereocenters. The normalized spacial score (nSPS) is 12.0. The highest BCUT2D eigenvalue weighted by molar-refractivity contribution is 5.94. The van der Waals surface area contributed by atoms with Gasteiger partial charge in [0.1, 0.15) is 0 Å².